The maximum Gasteiger partial charge on any atom is 0.459 e. The van der Waals surface area contributed by atoms with E-state index >= 15 is 0 Å². The Balaban J connectivity index is 1.40. The number of fused-ring (bicyclic) bond motifs is 2. The first kappa shape index (κ1) is 33.5. The van der Waals surface area contributed by atoms with E-state index < -0.39 is 50.4 Å². The van der Waals surface area contributed by atoms with E-state index in [2.05, 4.69) is 20.0 Å². The van der Waals surface area contributed by atoms with Crippen molar-refractivity contribution in [2.45, 2.75) is 64.7 Å². The number of benzene rings is 2. The number of nitrogen functional groups attached to an aromatic ring is 1. The number of rotatable bonds is 11. The average molecular weight is 659 g/mol. The summed E-state index contributed by atoms with van der Waals surface area (Å²) < 4.78 is 44.2. The lowest BCUT2D eigenvalue weighted by Crippen LogP contribution is -2.44. The molecule has 2 aromatic carbocycles. The summed E-state index contributed by atoms with van der Waals surface area (Å²) in [4.78, 5) is 25.3. The van der Waals surface area contributed by atoms with Gasteiger partial charge in [0.25, 0.3) is 0 Å². The molecule has 248 valence electrons. The largest absolute Gasteiger partial charge is 0.479 e. The molecule has 15 nitrogen and oxygen atoms in total. The highest BCUT2D eigenvalue weighted by Crippen LogP contribution is 2.48. The smallest absolute Gasteiger partial charge is 0.459 e. The Morgan fingerprint density at radius 3 is 2.65 bits per heavy atom. The van der Waals surface area contributed by atoms with Crippen molar-refractivity contribution in [1.29, 1.82) is 0 Å². The normalized spacial score (nSPS) is 23.7. The van der Waals surface area contributed by atoms with Crippen LogP contribution in [0.4, 0.5) is 5.95 Å². The van der Waals surface area contributed by atoms with Gasteiger partial charge in [0.15, 0.2) is 17.4 Å². The Labute approximate surface area is 265 Å². The first-order valence-corrected chi connectivity index (χ1v) is 16.1. The fourth-order valence-electron chi connectivity index (χ4n) is 4.97. The number of methoxy groups -OCH3 is 1. The zero-order valence-electron chi connectivity index (χ0n) is 26.4. The maximum absolute atomic E-state index is 14.3. The van der Waals surface area contributed by atoms with Crippen molar-refractivity contribution in [2.24, 2.45) is 5.41 Å². The molecule has 1 aliphatic rings. The zero-order valence-corrected chi connectivity index (χ0v) is 27.3. The number of aromatic nitrogens is 4. The lowest BCUT2D eigenvalue weighted by atomic mass is 9.96. The molecule has 4 aromatic rings. The monoisotopic (exact) mass is 658 g/mol. The fourth-order valence-corrected chi connectivity index (χ4v) is 6.49. The standard InChI is InChI=1S/C30H39N6O9P/c1-17(26(38)42-15-29(2,3)4)35-46(40,45-20-13-9-11-18-10-7-8-12-19(18)20)43-14-21-23(37)30(5,39)27(44-21)36-16-32-22-24(36)33-28(31)34-25(22)41-6/h7-13,16-17,21,23,27,37,39H,14-15H2,1-6H3,(H,35,40)(H2,31,33,34)/t17-,21+,23+,27?,30+,46?/m1/s1. The van der Waals surface area contributed by atoms with Gasteiger partial charge in [-0.05, 0) is 30.7 Å². The van der Waals surface area contributed by atoms with E-state index in [9.17, 15) is 19.6 Å². The first-order chi connectivity index (χ1) is 21.6. The Morgan fingerprint density at radius 2 is 1.93 bits per heavy atom. The van der Waals surface area contributed by atoms with E-state index in [0.717, 1.165) is 5.39 Å². The Bertz CT molecular complexity index is 1770. The molecule has 0 saturated carbocycles. The van der Waals surface area contributed by atoms with Crippen LogP contribution in [0.1, 0.15) is 40.8 Å². The van der Waals surface area contributed by atoms with E-state index in [-0.39, 0.29) is 40.8 Å². The van der Waals surface area contributed by atoms with Crippen molar-refractivity contribution >= 4 is 41.6 Å². The van der Waals surface area contributed by atoms with E-state index in [1.807, 2.05) is 39.0 Å². The summed E-state index contributed by atoms with van der Waals surface area (Å²) in [5.74, 6) is -0.411. The van der Waals surface area contributed by atoms with Gasteiger partial charge in [-0.3, -0.25) is 13.9 Å². The second-order valence-corrected chi connectivity index (χ2v) is 14.2. The molecule has 0 spiro atoms. The molecule has 0 radical (unpaired) electrons. The minimum absolute atomic E-state index is 0.100. The minimum atomic E-state index is -4.37. The molecule has 1 aliphatic heterocycles. The number of anilines is 1. The van der Waals surface area contributed by atoms with Crippen LogP contribution in [0.2, 0.25) is 0 Å². The molecule has 16 heteroatoms. The second-order valence-electron chi connectivity index (χ2n) is 12.5. The number of ether oxygens (including phenoxy) is 3. The molecule has 6 atom stereocenters. The Kier molecular flexibility index (Phi) is 9.28. The van der Waals surface area contributed by atoms with Gasteiger partial charge in [-0.2, -0.15) is 15.1 Å². The van der Waals surface area contributed by atoms with Gasteiger partial charge in [0.1, 0.15) is 29.6 Å². The molecule has 0 bridgehead atoms. The molecule has 2 aromatic heterocycles. The van der Waals surface area contributed by atoms with Crippen molar-refractivity contribution in [3.8, 4) is 11.6 Å². The second kappa shape index (κ2) is 12.7. The summed E-state index contributed by atoms with van der Waals surface area (Å²) in [6.45, 7) is 8.20. The van der Waals surface area contributed by atoms with Crippen LogP contribution in [0.5, 0.6) is 11.6 Å². The van der Waals surface area contributed by atoms with Gasteiger partial charge in [-0.15, -0.1) is 0 Å². The number of nitrogens with two attached hydrogens (primary N) is 1. The number of nitrogens with one attached hydrogen (secondary N) is 1. The van der Waals surface area contributed by atoms with E-state index in [1.165, 1.54) is 31.9 Å². The van der Waals surface area contributed by atoms with Crippen LogP contribution < -0.4 is 20.1 Å². The predicted octanol–water partition coefficient (Wildman–Crippen LogP) is 3.35. The fraction of sp³-hybridized carbons (Fsp3) is 0.467. The quantitative estimate of drug-likeness (QED) is 0.135. The van der Waals surface area contributed by atoms with E-state index in [1.54, 1.807) is 24.3 Å². The number of hydrogen-bond acceptors (Lipinski definition) is 13. The van der Waals surface area contributed by atoms with Gasteiger partial charge in [0.05, 0.1) is 26.7 Å². The number of hydrogen-bond donors (Lipinski definition) is 4. The molecule has 5 N–H and O–H groups in total. The SMILES string of the molecule is COc1nc(N)nc2c1ncn2C1O[C@@H](COP(=O)(N[C@H](C)C(=O)OCC(C)(C)C)Oc2cccc3ccccc23)[C@H](O)[C@]1(C)O. The number of nitrogens with zero attached hydrogens (tertiary/aromatic N) is 4. The third-order valence-corrected chi connectivity index (χ3v) is 8.97. The first-order valence-electron chi connectivity index (χ1n) is 14.6. The maximum atomic E-state index is 14.3. The molecular formula is C30H39N6O9P. The van der Waals surface area contributed by atoms with Gasteiger partial charge >= 0.3 is 13.7 Å². The summed E-state index contributed by atoms with van der Waals surface area (Å²) in [6, 6.07) is 11.4. The molecule has 0 aliphatic carbocycles. The Morgan fingerprint density at radius 1 is 1.22 bits per heavy atom. The van der Waals surface area contributed by atoms with Crippen LogP contribution in [0, 0.1) is 5.41 Å². The zero-order chi connectivity index (χ0) is 33.4. The van der Waals surface area contributed by atoms with Crippen LogP contribution in [0.25, 0.3) is 21.9 Å². The molecule has 3 heterocycles. The summed E-state index contributed by atoms with van der Waals surface area (Å²) in [5.41, 5.74) is 4.11. The lowest BCUT2D eigenvalue weighted by Gasteiger charge is -2.27. The van der Waals surface area contributed by atoms with E-state index in [4.69, 9.17) is 29.0 Å². The third kappa shape index (κ3) is 6.94. The molecular weight excluding hydrogens is 619 g/mol. The molecule has 1 fully saturated rings. The third-order valence-electron chi connectivity index (χ3n) is 7.34. The van der Waals surface area contributed by atoms with Gasteiger partial charge in [-0.25, -0.2) is 9.55 Å². The summed E-state index contributed by atoms with van der Waals surface area (Å²) in [6.07, 6.45) is -2.63. The average Bonchev–Trinajstić information content (AvgIpc) is 3.51. The highest BCUT2D eigenvalue weighted by molar-refractivity contribution is 7.52. The molecule has 0 amide bonds. The molecule has 5 rings (SSSR count). The van der Waals surface area contributed by atoms with Gasteiger partial charge in [0.2, 0.25) is 11.8 Å². The topological polar surface area (TPSA) is 202 Å². The van der Waals surface area contributed by atoms with Crippen molar-refractivity contribution in [3.63, 3.8) is 0 Å². The van der Waals surface area contributed by atoms with Crippen molar-refractivity contribution in [3.05, 3.63) is 48.8 Å². The van der Waals surface area contributed by atoms with Crippen molar-refractivity contribution in [2.75, 3.05) is 26.1 Å². The number of aliphatic hydroxyl groups is 2. The highest BCUT2D eigenvalue weighted by Gasteiger charge is 2.54. The molecule has 2 unspecified atom stereocenters. The number of esters is 1. The summed E-state index contributed by atoms with van der Waals surface area (Å²) in [7, 11) is -2.97. The van der Waals surface area contributed by atoms with Crippen molar-refractivity contribution in [1.82, 2.24) is 24.6 Å². The van der Waals surface area contributed by atoms with Crippen LogP contribution in [-0.4, -0.2) is 79.9 Å². The van der Waals surface area contributed by atoms with Crippen LogP contribution in [0.3, 0.4) is 0 Å². The van der Waals surface area contributed by atoms with Crippen molar-refractivity contribution < 1.29 is 42.8 Å². The number of carbonyl (C=O) groups excluding carboxylic acids is 1. The number of carbonyl (C=O) groups is 1. The van der Waals surface area contributed by atoms with E-state index in [0.29, 0.717) is 5.39 Å². The molecule has 46 heavy (non-hydrogen) atoms. The molecule has 1 saturated heterocycles. The summed E-state index contributed by atoms with van der Waals surface area (Å²) >= 11 is 0. The van der Waals surface area contributed by atoms with Gasteiger partial charge in [-0.1, -0.05) is 57.2 Å². The van der Waals surface area contributed by atoms with Crippen LogP contribution in [0.15, 0.2) is 48.8 Å². The van der Waals surface area contributed by atoms with Gasteiger partial charge < -0.3 is 34.7 Å². The van der Waals surface area contributed by atoms with Gasteiger partial charge in [0, 0.05) is 5.39 Å². The lowest BCUT2D eigenvalue weighted by molar-refractivity contribution is -0.148. The minimum Gasteiger partial charge on any atom is -0.479 e. The summed E-state index contributed by atoms with van der Waals surface area (Å²) in [5, 5.41) is 26.7. The number of imidazole rings is 1. The van der Waals surface area contributed by atoms with Crippen LogP contribution in [-0.2, 0) is 23.4 Å². The highest BCUT2D eigenvalue weighted by atomic mass is 31.2. The number of aliphatic hydroxyl groups excluding tert-OH is 1. The van der Waals surface area contributed by atoms with Crippen LogP contribution >= 0.6 is 7.75 Å². The predicted molar refractivity (Wildman–Crippen MR) is 168 cm³/mol. The Hall–Kier alpha value is -3.85.